The number of carboxylic acid groups (broad SMARTS) is 1. The Morgan fingerprint density at radius 3 is 2.38 bits per heavy atom. The minimum absolute atomic E-state index is 0.0856. The summed E-state index contributed by atoms with van der Waals surface area (Å²) in [4.78, 5) is 11.1. The second kappa shape index (κ2) is 5.47. The van der Waals surface area contributed by atoms with Gasteiger partial charge in [-0.15, -0.1) is 0 Å². The Bertz CT molecular complexity index is 681. The van der Waals surface area contributed by atoms with Crippen molar-refractivity contribution < 1.29 is 23.1 Å². The highest BCUT2D eigenvalue weighted by atomic mass is 19.4. The number of carbonyl (C=O) groups is 1. The number of aryl methyl sites for hydroxylation is 1. The molecule has 0 aliphatic rings. The summed E-state index contributed by atoms with van der Waals surface area (Å²) < 4.78 is 38.8. The van der Waals surface area contributed by atoms with Gasteiger partial charge in [0.25, 0.3) is 0 Å². The van der Waals surface area contributed by atoms with Crippen molar-refractivity contribution in [3.8, 4) is 0 Å². The molecule has 0 radical (unpaired) electrons. The number of benzene rings is 2. The van der Waals surface area contributed by atoms with E-state index in [1.807, 2.05) is 0 Å². The zero-order valence-corrected chi connectivity index (χ0v) is 11.0. The highest BCUT2D eigenvalue weighted by molar-refractivity contribution is 5.95. The quantitative estimate of drug-likeness (QED) is 0.879. The summed E-state index contributed by atoms with van der Waals surface area (Å²) >= 11 is 0. The van der Waals surface area contributed by atoms with Crippen LogP contribution in [0.1, 0.15) is 21.5 Å². The standard InChI is InChI=1S/C15H12F3NO2/c1-9-6-7-10(14(20)21)13(8-9)19-12-5-3-2-4-11(12)15(16,17)18/h2-8,19H,1H3,(H,20,21). The Labute approximate surface area is 119 Å². The molecular formula is C15H12F3NO2. The molecule has 0 aromatic heterocycles. The Morgan fingerprint density at radius 2 is 1.76 bits per heavy atom. The highest BCUT2D eigenvalue weighted by Gasteiger charge is 2.33. The van der Waals surface area contributed by atoms with Crippen molar-refractivity contribution in [3.05, 3.63) is 59.2 Å². The van der Waals surface area contributed by atoms with Gasteiger partial charge in [-0.2, -0.15) is 13.2 Å². The predicted octanol–water partition coefficient (Wildman–Crippen LogP) is 4.46. The SMILES string of the molecule is Cc1ccc(C(=O)O)c(Nc2ccccc2C(F)(F)F)c1. The van der Waals surface area contributed by atoms with E-state index in [9.17, 15) is 18.0 Å². The van der Waals surface area contributed by atoms with Gasteiger partial charge >= 0.3 is 12.1 Å². The van der Waals surface area contributed by atoms with Gasteiger partial charge in [0.1, 0.15) is 0 Å². The number of anilines is 2. The van der Waals surface area contributed by atoms with Crippen LogP contribution >= 0.6 is 0 Å². The van der Waals surface area contributed by atoms with Crippen molar-refractivity contribution >= 4 is 17.3 Å². The third-order valence-corrected chi connectivity index (χ3v) is 2.91. The first-order chi connectivity index (χ1) is 9.79. The molecule has 0 bridgehead atoms. The first-order valence-electron chi connectivity index (χ1n) is 6.06. The summed E-state index contributed by atoms with van der Waals surface area (Å²) in [6.07, 6.45) is -4.52. The number of para-hydroxylation sites is 1. The maximum absolute atomic E-state index is 12.9. The third-order valence-electron chi connectivity index (χ3n) is 2.91. The van der Waals surface area contributed by atoms with Crippen LogP contribution in [0.2, 0.25) is 0 Å². The van der Waals surface area contributed by atoms with Crippen molar-refractivity contribution in [1.29, 1.82) is 0 Å². The van der Waals surface area contributed by atoms with E-state index < -0.39 is 17.7 Å². The zero-order chi connectivity index (χ0) is 15.6. The molecule has 0 saturated carbocycles. The van der Waals surface area contributed by atoms with Gasteiger partial charge in [-0.05, 0) is 36.8 Å². The van der Waals surface area contributed by atoms with Crippen LogP contribution in [-0.2, 0) is 6.18 Å². The summed E-state index contributed by atoms with van der Waals surface area (Å²) in [7, 11) is 0. The van der Waals surface area contributed by atoms with Gasteiger partial charge in [-0.3, -0.25) is 0 Å². The van der Waals surface area contributed by atoms with Crippen LogP contribution in [0.15, 0.2) is 42.5 Å². The lowest BCUT2D eigenvalue weighted by Crippen LogP contribution is -2.10. The predicted molar refractivity (Wildman–Crippen MR) is 72.9 cm³/mol. The molecule has 0 heterocycles. The fraction of sp³-hybridized carbons (Fsp3) is 0.133. The molecule has 21 heavy (non-hydrogen) atoms. The number of alkyl halides is 3. The Balaban J connectivity index is 2.49. The first kappa shape index (κ1) is 14.9. The maximum atomic E-state index is 12.9. The zero-order valence-electron chi connectivity index (χ0n) is 11.0. The van der Waals surface area contributed by atoms with Crippen molar-refractivity contribution in [2.45, 2.75) is 13.1 Å². The fourth-order valence-corrected chi connectivity index (χ4v) is 1.93. The van der Waals surface area contributed by atoms with Crippen LogP contribution in [0.3, 0.4) is 0 Å². The molecule has 110 valence electrons. The summed E-state index contributed by atoms with van der Waals surface area (Å²) in [5.41, 5.74) is -0.246. The Hall–Kier alpha value is -2.50. The second-order valence-corrected chi connectivity index (χ2v) is 4.52. The van der Waals surface area contributed by atoms with Crippen LogP contribution < -0.4 is 5.32 Å². The summed E-state index contributed by atoms with van der Waals surface area (Å²) in [6, 6.07) is 9.38. The normalized spacial score (nSPS) is 11.2. The molecule has 2 aromatic carbocycles. The monoisotopic (exact) mass is 295 g/mol. The minimum Gasteiger partial charge on any atom is -0.478 e. The van der Waals surface area contributed by atoms with E-state index in [0.29, 0.717) is 0 Å². The van der Waals surface area contributed by atoms with Gasteiger partial charge in [-0.25, -0.2) is 4.79 Å². The second-order valence-electron chi connectivity index (χ2n) is 4.52. The average molecular weight is 295 g/mol. The van der Waals surface area contributed by atoms with Gasteiger partial charge in [0.05, 0.1) is 22.5 Å². The van der Waals surface area contributed by atoms with E-state index in [2.05, 4.69) is 5.32 Å². The molecule has 6 heteroatoms. The Morgan fingerprint density at radius 1 is 1.10 bits per heavy atom. The lowest BCUT2D eigenvalue weighted by atomic mass is 10.1. The topological polar surface area (TPSA) is 49.3 Å². The van der Waals surface area contributed by atoms with E-state index in [0.717, 1.165) is 11.6 Å². The number of hydrogen-bond donors (Lipinski definition) is 2. The maximum Gasteiger partial charge on any atom is 0.418 e. The van der Waals surface area contributed by atoms with Crippen LogP contribution in [0.25, 0.3) is 0 Å². The number of rotatable bonds is 3. The molecule has 0 unspecified atom stereocenters. The van der Waals surface area contributed by atoms with E-state index in [4.69, 9.17) is 5.11 Å². The molecule has 0 fully saturated rings. The molecule has 0 amide bonds. The summed E-state index contributed by atoms with van der Waals surface area (Å²) in [5, 5.41) is 11.7. The fourth-order valence-electron chi connectivity index (χ4n) is 1.93. The summed E-state index contributed by atoms with van der Waals surface area (Å²) in [5.74, 6) is -1.21. The molecular weight excluding hydrogens is 283 g/mol. The van der Waals surface area contributed by atoms with Crippen LogP contribution in [0.4, 0.5) is 24.5 Å². The van der Waals surface area contributed by atoms with Crippen LogP contribution in [-0.4, -0.2) is 11.1 Å². The molecule has 0 atom stereocenters. The van der Waals surface area contributed by atoms with Gasteiger partial charge in [0.2, 0.25) is 0 Å². The van der Waals surface area contributed by atoms with E-state index >= 15 is 0 Å². The summed E-state index contributed by atoms with van der Waals surface area (Å²) in [6.45, 7) is 1.73. The number of carboxylic acids is 1. The largest absolute Gasteiger partial charge is 0.478 e. The number of nitrogens with one attached hydrogen (secondary N) is 1. The van der Waals surface area contributed by atoms with Crippen molar-refractivity contribution in [2.75, 3.05) is 5.32 Å². The molecule has 0 spiro atoms. The lowest BCUT2D eigenvalue weighted by molar-refractivity contribution is -0.136. The molecule has 3 nitrogen and oxygen atoms in total. The Kier molecular flexibility index (Phi) is 3.88. The number of hydrogen-bond acceptors (Lipinski definition) is 2. The van der Waals surface area contributed by atoms with Crippen molar-refractivity contribution in [1.82, 2.24) is 0 Å². The smallest absolute Gasteiger partial charge is 0.418 e. The minimum atomic E-state index is -4.52. The van der Waals surface area contributed by atoms with E-state index in [1.165, 1.54) is 30.3 Å². The molecule has 2 rings (SSSR count). The lowest BCUT2D eigenvalue weighted by Gasteiger charge is -2.16. The van der Waals surface area contributed by atoms with E-state index in [1.54, 1.807) is 13.0 Å². The average Bonchev–Trinajstić information content (AvgIpc) is 2.37. The number of halogens is 3. The van der Waals surface area contributed by atoms with Gasteiger partial charge in [0.15, 0.2) is 0 Å². The van der Waals surface area contributed by atoms with Gasteiger partial charge in [0, 0.05) is 0 Å². The van der Waals surface area contributed by atoms with Crippen LogP contribution in [0.5, 0.6) is 0 Å². The van der Waals surface area contributed by atoms with E-state index in [-0.39, 0.29) is 16.9 Å². The molecule has 2 aromatic rings. The van der Waals surface area contributed by atoms with Gasteiger partial charge in [-0.1, -0.05) is 18.2 Å². The molecule has 2 N–H and O–H groups in total. The molecule has 0 aliphatic carbocycles. The third kappa shape index (κ3) is 3.34. The van der Waals surface area contributed by atoms with Gasteiger partial charge < -0.3 is 10.4 Å². The molecule has 0 saturated heterocycles. The molecule has 0 aliphatic heterocycles. The highest BCUT2D eigenvalue weighted by Crippen LogP contribution is 2.36. The van der Waals surface area contributed by atoms with Crippen LogP contribution in [0, 0.1) is 6.92 Å². The number of aromatic carboxylic acids is 1. The van der Waals surface area contributed by atoms with Crippen molar-refractivity contribution in [2.24, 2.45) is 0 Å². The van der Waals surface area contributed by atoms with Crippen molar-refractivity contribution in [3.63, 3.8) is 0 Å². The first-order valence-corrected chi connectivity index (χ1v) is 6.06.